The summed E-state index contributed by atoms with van der Waals surface area (Å²) < 4.78 is 0. The molecule has 106 valence electrons. The van der Waals surface area contributed by atoms with Crippen LogP contribution in [0, 0.1) is 6.92 Å². The lowest BCUT2D eigenvalue weighted by Gasteiger charge is -2.04. The van der Waals surface area contributed by atoms with Gasteiger partial charge < -0.3 is 5.32 Å². The van der Waals surface area contributed by atoms with Gasteiger partial charge in [0, 0.05) is 22.3 Å². The van der Waals surface area contributed by atoms with Crippen LogP contribution in [0.25, 0.3) is 11.3 Å². The van der Waals surface area contributed by atoms with Crippen LogP contribution in [-0.4, -0.2) is 20.2 Å². The average molecular weight is 297 g/mol. The zero-order chi connectivity index (χ0) is 14.2. The maximum atomic E-state index is 4.77. The molecule has 1 aliphatic carbocycles. The molecule has 0 aromatic carbocycles. The molecule has 0 fully saturated rings. The van der Waals surface area contributed by atoms with Gasteiger partial charge >= 0.3 is 0 Å². The smallest absolute Gasteiger partial charge is 0.189 e. The number of pyridine rings is 1. The van der Waals surface area contributed by atoms with Crippen molar-refractivity contribution >= 4 is 22.3 Å². The van der Waals surface area contributed by atoms with Gasteiger partial charge in [-0.25, -0.2) is 9.97 Å². The molecule has 5 nitrogen and oxygen atoms in total. The summed E-state index contributed by atoms with van der Waals surface area (Å²) in [5.74, 6) is 0.869. The predicted molar refractivity (Wildman–Crippen MR) is 84.0 cm³/mol. The van der Waals surface area contributed by atoms with Crippen LogP contribution in [0.4, 0.5) is 10.9 Å². The number of aromatic nitrogens is 4. The highest BCUT2D eigenvalue weighted by molar-refractivity contribution is 7.16. The summed E-state index contributed by atoms with van der Waals surface area (Å²) in [7, 11) is 0. The Hall–Kier alpha value is -2.21. The first-order chi connectivity index (χ1) is 10.3. The van der Waals surface area contributed by atoms with Gasteiger partial charge in [0.05, 0.1) is 11.9 Å². The highest BCUT2D eigenvalue weighted by Gasteiger charge is 2.20. The Balaban J connectivity index is 1.72. The normalized spacial score (nSPS) is 13.4. The number of anilines is 2. The monoisotopic (exact) mass is 297 g/mol. The molecule has 0 unspecified atom stereocenters. The molecule has 0 bridgehead atoms. The van der Waals surface area contributed by atoms with Crippen LogP contribution in [0.2, 0.25) is 0 Å². The largest absolute Gasteiger partial charge is 0.316 e. The fourth-order valence-electron chi connectivity index (χ4n) is 2.64. The van der Waals surface area contributed by atoms with Gasteiger partial charge in [-0.2, -0.15) is 5.10 Å². The van der Waals surface area contributed by atoms with E-state index in [4.69, 9.17) is 4.98 Å². The van der Waals surface area contributed by atoms with Gasteiger partial charge in [-0.15, -0.1) is 11.3 Å². The third-order valence-electron chi connectivity index (χ3n) is 3.74. The summed E-state index contributed by atoms with van der Waals surface area (Å²) in [5.41, 5.74) is 4.52. The van der Waals surface area contributed by atoms with E-state index in [-0.39, 0.29) is 0 Å². The molecular formula is C15H15N5S. The van der Waals surface area contributed by atoms with E-state index in [2.05, 4.69) is 20.5 Å². The van der Waals surface area contributed by atoms with Crippen LogP contribution < -0.4 is 5.32 Å². The van der Waals surface area contributed by atoms with Crippen LogP contribution in [-0.2, 0) is 12.8 Å². The molecule has 6 heteroatoms. The van der Waals surface area contributed by atoms with Crippen LogP contribution in [0.1, 0.15) is 22.6 Å². The van der Waals surface area contributed by atoms with E-state index in [1.165, 1.54) is 10.6 Å². The van der Waals surface area contributed by atoms with E-state index in [0.29, 0.717) is 0 Å². The summed E-state index contributed by atoms with van der Waals surface area (Å²) >= 11 is 1.72. The maximum Gasteiger partial charge on any atom is 0.189 e. The fraction of sp³-hybridized carbons (Fsp3) is 0.267. The van der Waals surface area contributed by atoms with E-state index in [9.17, 15) is 0 Å². The molecule has 0 aliphatic heterocycles. The first-order valence-electron chi connectivity index (χ1n) is 7.02. The number of nitrogens with zero attached hydrogens (tertiary/aromatic N) is 3. The van der Waals surface area contributed by atoms with Crippen molar-refractivity contribution in [3.63, 3.8) is 0 Å². The Morgan fingerprint density at radius 1 is 1.33 bits per heavy atom. The molecule has 0 saturated heterocycles. The predicted octanol–water partition coefficient (Wildman–Crippen LogP) is 3.47. The van der Waals surface area contributed by atoms with Crippen molar-refractivity contribution < 1.29 is 0 Å². The van der Waals surface area contributed by atoms with Crippen molar-refractivity contribution in [2.24, 2.45) is 0 Å². The summed E-state index contributed by atoms with van der Waals surface area (Å²) in [6.45, 7) is 2.04. The van der Waals surface area contributed by atoms with Gasteiger partial charge in [-0.3, -0.25) is 5.10 Å². The molecule has 3 aromatic heterocycles. The summed E-state index contributed by atoms with van der Waals surface area (Å²) in [4.78, 5) is 10.5. The maximum absolute atomic E-state index is 4.77. The van der Waals surface area contributed by atoms with Crippen LogP contribution in [0.5, 0.6) is 0 Å². The lowest BCUT2D eigenvalue weighted by Crippen LogP contribution is -1.95. The number of hydrogen-bond acceptors (Lipinski definition) is 5. The molecule has 3 aromatic rings. The molecule has 0 radical (unpaired) electrons. The van der Waals surface area contributed by atoms with E-state index in [0.717, 1.165) is 47.0 Å². The van der Waals surface area contributed by atoms with Crippen molar-refractivity contribution in [2.75, 3.05) is 5.32 Å². The molecular weight excluding hydrogens is 282 g/mol. The van der Waals surface area contributed by atoms with E-state index < -0.39 is 0 Å². The highest BCUT2D eigenvalue weighted by atomic mass is 32.1. The third kappa shape index (κ3) is 2.21. The number of H-pyrrole nitrogens is 1. The second kappa shape index (κ2) is 4.96. The fourth-order valence-corrected chi connectivity index (χ4v) is 3.65. The van der Waals surface area contributed by atoms with Gasteiger partial charge in [0.1, 0.15) is 5.82 Å². The van der Waals surface area contributed by atoms with Crippen LogP contribution >= 0.6 is 11.3 Å². The topological polar surface area (TPSA) is 66.5 Å². The van der Waals surface area contributed by atoms with Crippen molar-refractivity contribution in [3.8, 4) is 11.3 Å². The van der Waals surface area contributed by atoms with E-state index in [1.54, 1.807) is 17.5 Å². The SMILES string of the molecule is Cc1cccnc1Nc1nc2c(s1)CCCc1[nH]ncc1-2. The van der Waals surface area contributed by atoms with Crippen molar-refractivity contribution in [3.05, 3.63) is 40.7 Å². The standard InChI is InChI=1S/C15H15N5S/c1-9-4-3-7-16-14(9)19-15-18-13-10-8-17-20-11(10)5-2-6-12(13)21-15/h3-4,7-8H,2,5-6H2,1H3,(H,17,20)(H,16,18,19). The summed E-state index contributed by atoms with van der Waals surface area (Å²) in [6, 6.07) is 3.98. The molecule has 0 amide bonds. The number of aromatic amines is 1. The number of nitrogens with one attached hydrogen (secondary N) is 2. The van der Waals surface area contributed by atoms with Crippen molar-refractivity contribution in [1.29, 1.82) is 0 Å². The minimum absolute atomic E-state index is 0.869. The Morgan fingerprint density at radius 2 is 2.29 bits per heavy atom. The average Bonchev–Trinajstić information content (AvgIpc) is 3.06. The Bertz CT molecular complexity index is 789. The number of thiazole rings is 1. The minimum Gasteiger partial charge on any atom is -0.316 e. The van der Waals surface area contributed by atoms with Crippen LogP contribution in [0.15, 0.2) is 24.5 Å². The van der Waals surface area contributed by atoms with Crippen LogP contribution in [0.3, 0.4) is 0 Å². The van der Waals surface area contributed by atoms with Crippen molar-refractivity contribution in [2.45, 2.75) is 26.2 Å². The Kier molecular flexibility index (Phi) is 2.96. The lowest BCUT2D eigenvalue weighted by molar-refractivity contribution is 0.811. The van der Waals surface area contributed by atoms with Crippen molar-refractivity contribution in [1.82, 2.24) is 20.2 Å². The molecule has 1 aliphatic rings. The third-order valence-corrected chi connectivity index (χ3v) is 4.77. The molecule has 21 heavy (non-hydrogen) atoms. The first kappa shape index (κ1) is 12.5. The molecule has 4 rings (SSSR count). The number of rotatable bonds is 2. The van der Waals surface area contributed by atoms with Gasteiger partial charge in [0.25, 0.3) is 0 Å². The lowest BCUT2D eigenvalue weighted by atomic mass is 10.2. The number of aryl methyl sites for hydroxylation is 3. The Labute approximate surface area is 126 Å². The summed E-state index contributed by atoms with van der Waals surface area (Å²) in [6.07, 6.45) is 6.92. The quantitative estimate of drug-likeness (QED) is 0.760. The highest BCUT2D eigenvalue weighted by Crippen LogP contribution is 2.37. The second-order valence-electron chi connectivity index (χ2n) is 5.20. The van der Waals surface area contributed by atoms with Gasteiger partial charge in [-0.1, -0.05) is 6.07 Å². The summed E-state index contributed by atoms with van der Waals surface area (Å²) in [5, 5.41) is 11.5. The second-order valence-corrected chi connectivity index (χ2v) is 6.28. The minimum atomic E-state index is 0.869. The van der Waals surface area contributed by atoms with E-state index in [1.807, 2.05) is 25.3 Å². The first-order valence-corrected chi connectivity index (χ1v) is 7.84. The zero-order valence-electron chi connectivity index (χ0n) is 11.7. The zero-order valence-corrected chi connectivity index (χ0v) is 12.5. The molecule has 0 atom stereocenters. The Morgan fingerprint density at radius 3 is 3.19 bits per heavy atom. The number of hydrogen-bond donors (Lipinski definition) is 2. The molecule has 0 spiro atoms. The van der Waals surface area contributed by atoms with Gasteiger partial charge in [-0.05, 0) is 37.8 Å². The van der Waals surface area contributed by atoms with E-state index >= 15 is 0 Å². The van der Waals surface area contributed by atoms with Gasteiger partial charge in [0.2, 0.25) is 0 Å². The molecule has 0 saturated carbocycles. The van der Waals surface area contributed by atoms with Gasteiger partial charge in [0.15, 0.2) is 5.13 Å². The number of fused-ring (bicyclic) bond motifs is 3. The molecule has 3 heterocycles. The molecule has 2 N–H and O–H groups in total.